The van der Waals surface area contributed by atoms with Gasteiger partial charge in [-0.2, -0.15) is 0 Å². The van der Waals surface area contributed by atoms with Crippen molar-refractivity contribution in [2.75, 3.05) is 13.1 Å². The van der Waals surface area contributed by atoms with Crippen LogP contribution in [0.4, 0.5) is 0 Å². The smallest absolute Gasteiger partial charge is 0.257 e. The van der Waals surface area contributed by atoms with E-state index >= 15 is 0 Å². The Morgan fingerprint density at radius 2 is 1.84 bits per heavy atom. The van der Waals surface area contributed by atoms with E-state index in [1.165, 1.54) is 30.1 Å². The number of nitrogens with one attached hydrogen (secondary N) is 1. The van der Waals surface area contributed by atoms with Gasteiger partial charge in [-0.3, -0.25) is 9.59 Å². The molecule has 2 aromatic rings. The van der Waals surface area contributed by atoms with Crippen LogP contribution in [0, 0.1) is 0 Å². The zero-order valence-corrected chi connectivity index (χ0v) is 14.2. The van der Waals surface area contributed by atoms with E-state index in [-0.39, 0.29) is 17.9 Å². The molecule has 0 atom stereocenters. The minimum atomic E-state index is -0.00527. The molecule has 1 aromatic carbocycles. The van der Waals surface area contributed by atoms with E-state index in [4.69, 9.17) is 4.42 Å². The molecule has 2 amide bonds. The van der Waals surface area contributed by atoms with Crippen LogP contribution in [0.3, 0.4) is 0 Å². The molecule has 0 radical (unpaired) electrons. The molecule has 0 saturated carbocycles. The maximum Gasteiger partial charge on any atom is 0.257 e. The lowest BCUT2D eigenvalue weighted by molar-refractivity contribution is 0.0697. The number of aryl methyl sites for hydroxylation is 2. The largest absolute Gasteiger partial charge is 0.472 e. The van der Waals surface area contributed by atoms with Gasteiger partial charge in [0.25, 0.3) is 11.8 Å². The molecular formula is C20H22N2O3. The van der Waals surface area contributed by atoms with Crippen molar-refractivity contribution >= 4 is 11.8 Å². The summed E-state index contributed by atoms with van der Waals surface area (Å²) in [5, 5.41) is 3.13. The molecule has 1 saturated heterocycles. The van der Waals surface area contributed by atoms with Gasteiger partial charge in [0.05, 0.1) is 11.8 Å². The van der Waals surface area contributed by atoms with Crippen molar-refractivity contribution in [2.45, 2.75) is 38.1 Å². The highest BCUT2D eigenvalue weighted by molar-refractivity contribution is 5.95. The number of carbonyl (C=O) groups excluding carboxylic acids is 2. The first-order valence-electron chi connectivity index (χ1n) is 8.95. The molecular weight excluding hydrogens is 316 g/mol. The van der Waals surface area contributed by atoms with Gasteiger partial charge in [0, 0.05) is 24.7 Å². The highest BCUT2D eigenvalue weighted by Gasteiger charge is 2.25. The lowest BCUT2D eigenvalue weighted by Crippen LogP contribution is -2.46. The molecule has 2 aliphatic rings. The number of nitrogens with zero attached hydrogens (tertiary/aromatic N) is 1. The zero-order chi connectivity index (χ0) is 17.2. The van der Waals surface area contributed by atoms with Crippen LogP contribution in [0.25, 0.3) is 0 Å². The molecule has 1 fully saturated rings. The maximum atomic E-state index is 12.5. The standard InChI is InChI=1S/C20H22N2O3/c23-19(16-5-4-14-2-1-3-15(14)12-16)21-18-6-9-22(10-7-18)20(24)17-8-11-25-13-17/h4-5,8,11-13,18H,1-3,6-7,9-10H2,(H,21,23). The van der Waals surface area contributed by atoms with Crippen molar-refractivity contribution in [3.05, 3.63) is 59.0 Å². The number of fused-ring (bicyclic) bond motifs is 1. The van der Waals surface area contributed by atoms with Crippen LogP contribution in [-0.2, 0) is 12.8 Å². The fourth-order valence-electron chi connectivity index (χ4n) is 3.78. The van der Waals surface area contributed by atoms with Crippen molar-refractivity contribution in [2.24, 2.45) is 0 Å². The number of likely N-dealkylation sites (tertiary alicyclic amines) is 1. The SMILES string of the molecule is O=C(NC1CCN(C(=O)c2ccoc2)CC1)c1ccc2c(c1)CCC2. The van der Waals surface area contributed by atoms with Gasteiger partial charge in [0.1, 0.15) is 6.26 Å². The van der Waals surface area contributed by atoms with Crippen LogP contribution in [0.1, 0.15) is 51.1 Å². The summed E-state index contributed by atoms with van der Waals surface area (Å²) in [5.41, 5.74) is 4.02. The molecule has 0 bridgehead atoms. The summed E-state index contributed by atoms with van der Waals surface area (Å²) in [7, 11) is 0. The van der Waals surface area contributed by atoms with E-state index < -0.39 is 0 Å². The summed E-state index contributed by atoms with van der Waals surface area (Å²) in [5.74, 6) is -0.00791. The van der Waals surface area contributed by atoms with Crippen molar-refractivity contribution in [3.63, 3.8) is 0 Å². The second-order valence-electron chi connectivity index (χ2n) is 6.89. The second kappa shape index (κ2) is 6.75. The first kappa shape index (κ1) is 15.9. The Morgan fingerprint density at radius 3 is 2.60 bits per heavy atom. The summed E-state index contributed by atoms with van der Waals surface area (Å²) >= 11 is 0. The molecule has 4 rings (SSSR count). The fourth-order valence-corrected chi connectivity index (χ4v) is 3.78. The van der Waals surface area contributed by atoms with Gasteiger partial charge in [-0.1, -0.05) is 6.07 Å². The maximum absolute atomic E-state index is 12.5. The van der Waals surface area contributed by atoms with E-state index in [9.17, 15) is 9.59 Å². The summed E-state index contributed by atoms with van der Waals surface area (Å²) in [6.07, 6.45) is 7.93. The third-order valence-corrected chi connectivity index (χ3v) is 5.25. The average molecular weight is 338 g/mol. The minimum Gasteiger partial charge on any atom is -0.472 e. The summed E-state index contributed by atoms with van der Waals surface area (Å²) in [6, 6.07) is 7.86. The summed E-state index contributed by atoms with van der Waals surface area (Å²) < 4.78 is 4.98. The number of piperidine rings is 1. The molecule has 25 heavy (non-hydrogen) atoms. The van der Waals surface area contributed by atoms with Crippen molar-refractivity contribution < 1.29 is 14.0 Å². The lowest BCUT2D eigenvalue weighted by atomic mass is 10.0. The number of benzene rings is 1. The highest BCUT2D eigenvalue weighted by Crippen LogP contribution is 2.23. The molecule has 0 unspecified atom stereocenters. The van der Waals surface area contributed by atoms with E-state index in [0.717, 1.165) is 31.2 Å². The molecule has 1 aliphatic heterocycles. The van der Waals surface area contributed by atoms with Gasteiger partial charge in [-0.05, 0) is 61.4 Å². The van der Waals surface area contributed by atoms with Gasteiger partial charge in [0.2, 0.25) is 0 Å². The number of rotatable bonds is 3. The quantitative estimate of drug-likeness (QED) is 0.936. The van der Waals surface area contributed by atoms with E-state index in [1.54, 1.807) is 6.07 Å². The number of hydrogen-bond acceptors (Lipinski definition) is 3. The third-order valence-electron chi connectivity index (χ3n) is 5.25. The molecule has 130 valence electrons. The van der Waals surface area contributed by atoms with Crippen LogP contribution >= 0.6 is 0 Å². The van der Waals surface area contributed by atoms with Crippen molar-refractivity contribution in [1.29, 1.82) is 0 Å². The predicted molar refractivity (Wildman–Crippen MR) is 93.6 cm³/mol. The van der Waals surface area contributed by atoms with Gasteiger partial charge in [-0.25, -0.2) is 0 Å². The van der Waals surface area contributed by atoms with Crippen molar-refractivity contribution in [1.82, 2.24) is 10.2 Å². The van der Waals surface area contributed by atoms with Crippen LogP contribution in [-0.4, -0.2) is 35.8 Å². The Bertz CT molecular complexity index is 774. The van der Waals surface area contributed by atoms with E-state index in [0.29, 0.717) is 18.7 Å². The molecule has 5 nitrogen and oxygen atoms in total. The molecule has 5 heteroatoms. The normalized spacial score (nSPS) is 17.4. The summed E-state index contributed by atoms with van der Waals surface area (Å²) in [4.78, 5) is 26.6. The Balaban J connectivity index is 1.32. The first-order valence-corrected chi connectivity index (χ1v) is 8.95. The minimum absolute atomic E-state index is 0.00264. The van der Waals surface area contributed by atoms with Crippen LogP contribution in [0.2, 0.25) is 0 Å². The number of furan rings is 1. The van der Waals surface area contributed by atoms with Gasteiger partial charge < -0.3 is 14.6 Å². The first-order chi connectivity index (χ1) is 12.2. The fraction of sp³-hybridized carbons (Fsp3) is 0.400. The van der Waals surface area contributed by atoms with Crippen molar-refractivity contribution in [3.8, 4) is 0 Å². The number of amides is 2. The molecule has 1 aliphatic carbocycles. The van der Waals surface area contributed by atoms with Crippen LogP contribution in [0.5, 0.6) is 0 Å². The van der Waals surface area contributed by atoms with Crippen LogP contribution in [0.15, 0.2) is 41.2 Å². The Kier molecular flexibility index (Phi) is 4.30. The Morgan fingerprint density at radius 1 is 1.04 bits per heavy atom. The van der Waals surface area contributed by atoms with E-state index in [2.05, 4.69) is 11.4 Å². The zero-order valence-electron chi connectivity index (χ0n) is 14.2. The van der Waals surface area contributed by atoms with E-state index in [1.807, 2.05) is 17.0 Å². The lowest BCUT2D eigenvalue weighted by Gasteiger charge is -2.32. The monoisotopic (exact) mass is 338 g/mol. The molecule has 2 heterocycles. The number of carbonyl (C=O) groups is 2. The third kappa shape index (κ3) is 3.31. The van der Waals surface area contributed by atoms with Crippen LogP contribution < -0.4 is 5.32 Å². The highest BCUT2D eigenvalue weighted by atomic mass is 16.3. The Hall–Kier alpha value is -2.56. The summed E-state index contributed by atoms with van der Waals surface area (Å²) in [6.45, 7) is 1.30. The van der Waals surface area contributed by atoms with Gasteiger partial charge >= 0.3 is 0 Å². The second-order valence-corrected chi connectivity index (χ2v) is 6.89. The molecule has 1 aromatic heterocycles. The topological polar surface area (TPSA) is 62.6 Å². The Labute approximate surface area is 147 Å². The average Bonchev–Trinajstić information content (AvgIpc) is 3.32. The molecule has 0 spiro atoms. The number of hydrogen-bond donors (Lipinski definition) is 1. The predicted octanol–water partition coefficient (Wildman–Crippen LogP) is 2.80. The van der Waals surface area contributed by atoms with Gasteiger partial charge in [-0.15, -0.1) is 0 Å². The molecule has 1 N–H and O–H groups in total. The van der Waals surface area contributed by atoms with Gasteiger partial charge in [0.15, 0.2) is 0 Å².